The lowest BCUT2D eigenvalue weighted by Crippen LogP contribution is -2.60. The van der Waals surface area contributed by atoms with Crippen molar-refractivity contribution in [2.75, 3.05) is 5.75 Å². The molecule has 0 spiro atoms. The number of quaternary nitrogens is 1. The van der Waals surface area contributed by atoms with E-state index in [9.17, 15) is 0 Å². The highest BCUT2D eigenvalue weighted by atomic mass is 32.1. The van der Waals surface area contributed by atoms with Crippen molar-refractivity contribution >= 4 is 12.6 Å². The van der Waals surface area contributed by atoms with Crippen LogP contribution < -0.4 is 5.73 Å². The Balaban J connectivity index is 2.54. The van der Waals surface area contributed by atoms with Crippen LogP contribution in [0, 0.1) is 0 Å². The van der Waals surface area contributed by atoms with E-state index in [1.54, 1.807) is 0 Å². The lowest BCUT2D eigenvalue weighted by Gasteiger charge is -1.87. The van der Waals surface area contributed by atoms with Gasteiger partial charge in [-0.3, -0.25) is 0 Å². The average molecular weight is 92.2 g/mol. The molecular weight excluding hydrogens is 82.1 g/mol. The van der Waals surface area contributed by atoms with Crippen molar-refractivity contribution in [1.29, 1.82) is 0 Å². The molecule has 5 heavy (non-hydrogen) atoms. The van der Waals surface area contributed by atoms with E-state index in [1.165, 1.54) is 0 Å². The van der Waals surface area contributed by atoms with Crippen LogP contribution in [-0.2, 0) is 0 Å². The van der Waals surface area contributed by atoms with Crippen molar-refractivity contribution in [2.24, 2.45) is 0 Å². The predicted octanol–water partition coefficient (Wildman–Crippen LogP) is -0.453. The van der Waals surface area contributed by atoms with Crippen LogP contribution in [0.15, 0.2) is 0 Å². The second-order valence-corrected chi connectivity index (χ2v) is 1.65. The number of hydrogen-bond acceptors (Lipinski definition) is 1. The van der Waals surface area contributed by atoms with Gasteiger partial charge in [0.2, 0.25) is 0 Å². The number of rotatable bonds is 1. The van der Waals surface area contributed by atoms with E-state index in [0.717, 1.165) is 5.75 Å². The predicted molar refractivity (Wildman–Crippen MR) is 26.2 cm³/mol. The Kier molecular flexibility index (Phi) is 2.70. The fourth-order valence-corrected chi connectivity index (χ4v) is 0. The van der Waals surface area contributed by atoms with E-state index >= 15 is 0 Å². The van der Waals surface area contributed by atoms with Crippen molar-refractivity contribution < 1.29 is 5.73 Å². The molecule has 0 aliphatic heterocycles. The van der Waals surface area contributed by atoms with Gasteiger partial charge in [0.15, 0.2) is 0 Å². The summed E-state index contributed by atoms with van der Waals surface area (Å²) in [6.07, 6.45) is 0. The monoisotopic (exact) mass is 92.1 g/mol. The SMILES string of the molecule is CC([NH3+])CS. The van der Waals surface area contributed by atoms with Gasteiger partial charge in [-0.25, -0.2) is 0 Å². The molecule has 0 aliphatic carbocycles. The van der Waals surface area contributed by atoms with E-state index in [0.29, 0.717) is 6.04 Å². The summed E-state index contributed by atoms with van der Waals surface area (Å²) in [7, 11) is 0. The summed E-state index contributed by atoms with van der Waals surface area (Å²) < 4.78 is 0. The molecule has 1 nitrogen and oxygen atoms in total. The molecule has 0 bridgehead atoms. The maximum atomic E-state index is 3.95. The Morgan fingerprint density at radius 1 is 2.00 bits per heavy atom. The maximum Gasteiger partial charge on any atom is 0.0904 e. The second kappa shape index (κ2) is 2.54. The smallest absolute Gasteiger partial charge is 0.0904 e. The van der Waals surface area contributed by atoms with Crippen molar-refractivity contribution in [3.8, 4) is 0 Å². The van der Waals surface area contributed by atoms with Crippen molar-refractivity contribution in [3.05, 3.63) is 0 Å². The standard InChI is InChI=1S/C3H9NS/c1-3(4)2-5/h3,5H,2,4H2,1H3/p+1. The minimum atomic E-state index is 0.498. The fraction of sp³-hybridized carbons (Fsp3) is 1.00. The molecule has 0 radical (unpaired) electrons. The van der Waals surface area contributed by atoms with Crippen LogP contribution in [0.5, 0.6) is 0 Å². The van der Waals surface area contributed by atoms with Gasteiger partial charge in [-0.15, -0.1) is 0 Å². The van der Waals surface area contributed by atoms with Gasteiger partial charge < -0.3 is 5.73 Å². The van der Waals surface area contributed by atoms with E-state index < -0.39 is 0 Å². The number of hydrogen-bond donors (Lipinski definition) is 2. The summed E-state index contributed by atoms with van der Waals surface area (Å²) in [4.78, 5) is 0. The van der Waals surface area contributed by atoms with Gasteiger partial charge in [0.05, 0.1) is 6.04 Å². The number of thiol groups is 1. The van der Waals surface area contributed by atoms with Crippen molar-refractivity contribution in [2.45, 2.75) is 13.0 Å². The van der Waals surface area contributed by atoms with Crippen LogP contribution >= 0.6 is 12.6 Å². The Hall–Kier alpha value is 0.310. The second-order valence-electron chi connectivity index (χ2n) is 1.29. The maximum absolute atomic E-state index is 3.95. The summed E-state index contributed by atoms with van der Waals surface area (Å²) in [6.45, 7) is 2.03. The molecule has 0 aromatic heterocycles. The molecule has 1 atom stereocenters. The zero-order chi connectivity index (χ0) is 4.28. The van der Waals surface area contributed by atoms with Crippen LogP contribution in [0.2, 0.25) is 0 Å². The lowest BCUT2D eigenvalue weighted by atomic mass is 10.4. The van der Waals surface area contributed by atoms with E-state index in [2.05, 4.69) is 18.4 Å². The molecule has 0 saturated heterocycles. The quantitative estimate of drug-likeness (QED) is 0.410. The molecule has 0 rings (SSSR count). The fourth-order valence-electron chi connectivity index (χ4n) is 0. The zero-order valence-corrected chi connectivity index (χ0v) is 4.33. The third-order valence-electron chi connectivity index (χ3n) is 0.312. The van der Waals surface area contributed by atoms with Crippen LogP contribution in [0.4, 0.5) is 0 Å². The van der Waals surface area contributed by atoms with Gasteiger partial charge in [-0.2, -0.15) is 12.6 Å². The van der Waals surface area contributed by atoms with E-state index in [4.69, 9.17) is 0 Å². The minimum Gasteiger partial charge on any atom is -0.355 e. The molecule has 0 aliphatic rings. The van der Waals surface area contributed by atoms with Gasteiger partial charge in [0.1, 0.15) is 0 Å². The molecule has 0 heterocycles. The van der Waals surface area contributed by atoms with Crippen molar-refractivity contribution in [3.63, 3.8) is 0 Å². The molecule has 0 aromatic rings. The summed E-state index contributed by atoms with van der Waals surface area (Å²) in [5, 5.41) is 0. The van der Waals surface area contributed by atoms with E-state index in [-0.39, 0.29) is 0 Å². The average Bonchev–Trinajstić information content (AvgIpc) is 1.38. The van der Waals surface area contributed by atoms with Crippen molar-refractivity contribution in [1.82, 2.24) is 0 Å². The molecule has 1 unspecified atom stereocenters. The molecule has 0 aromatic carbocycles. The van der Waals surface area contributed by atoms with Gasteiger partial charge in [-0.05, 0) is 6.92 Å². The Labute approximate surface area is 38.0 Å². The first-order chi connectivity index (χ1) is 2.27. The van der Waals surface area contributed by atoms with Crippen LogP contribution in [0.3, 0.4) is 0 Å². The lowest BCUT2D eigenvalue weighted by molar-refractivity contribution is -0.405. The highest BCUT2D eigenvalue weighted by molar-refractivity contribution is 7.80. The van der Waals surface area contributed by atoms with Gasteiger partial charge in [0, 0.05) is 5.75 Å². The molecular formula is C3H10NS+. The van der Waals surface area contributed by atoms with Gasteiger partial charge >= 0.3 is 0 Å². The Bertz CT molecular complexity index is 20.9. The first-order valence-electron chi connectivity index (χ1n) is 1.71. The molecule has 2 heteroatoms. The topological polar surface area (TPSA) is 27.6 Å². The van der Waals surface area contributed by atoms with Crippen LogP contribution in [-0.4, -0.2) is 11.8 Å². The van der Waals surface area contributed by atoms with Gasteiger partial charge in [-0.1, -0.05) is 0 Å². The van der Waals surface area contributed by atoms with Gasteiger partial charge in [0.25, 0.3) is 0 Å². The summed E-state index contributed by atoms with van der Waals surface area (Å²) in [5.74, 6) is 0.889. The first kappa shape index (κ1) is 5.31. The van der Waals surface area contributed by atoms with Crippen LogP contribution in [0.25, 0.3) is 0 Å². The molecule has 0 fully saturated rings. The Morgan fingerprint density at radius 2 is 2.20 bits per heavy atom. The molecule has 0 saturated carbocycles. The zero-order valence-electron chi connectivity index (χ0n) is 3.44. The summed E-state index contributed by atoms with van der Waals surface area (Å²) in [6, 6.07) is 0.498. The summed E-state index contributed by atoms with van der Waals surface area (Å²) >= 11 is 3.95. The Morgan fingerprint density at radius 3 is 2.20 bits per heavy atom. The normalized spacial score (nSPS) is 15.0. The minimum absolute atomic E-state index is 0.498. The largest absolute Gasteiger partial charge is 0.355 e. The van der Waals surface area contributed by atoms with Crippen LogP contribution in [0.1, 0.15) is 6.92 Å². The van der Waals surface area contributed by atoms with E-state index in [1.807, 2.05) is 6.92 Å². The summed E-state index contributed by atoms with van der Waals surface area (Å²) in [5.41, 5.74) is 3.68. The first-order valence-corrected chi connectivity index (χ1v) is 2.34. The molecule has 0 amide bonds. The highest BCUT2D eigenvalue weighted by Gasteiger charge is 1.85. The highest BCUT2D eigenvalue weighted by Crippen LogP contribution is 1.72. The molecule has 32 valence electrons. The molecule has 3 N–H and O–H groups in total. The third-order valence-corrected chi connectivity index (χ3v) is 0.935. The third kappa shape index (κ3) is 4.31.